The molecule has 3 unspecified atom stereocenters. The van der Waals surface area contributed by atoms with Crippen LogP contribution in [-0.2, 0) is 19.6 Å². The summed E-state index contributed by atoms with van der Waals surface area (Å²) >= 11 is 0. The fourth-order valence-corrected chi connectivity index (χ4v) is 6.97. The first-order chi connectivity index (χ1) is 20.9. The van der Waals surface area contributed by atoms with Crippen LogP contribution >= 0.6 is 13.5 Å². The Morgan fingerprint density at radius 1 is 1.09 bits per heavy atom. The minimum Gasteiger partial charge on any atom is -0.453 e. The summed E-state index contributed by atoms with van der Waals surface area (Å²) in [6, 6.07) is 8.25. The summed E-state index contributed by atoms with van der Waals surface area (Å²) < 4.78 is 71.9. The summed E-state index contributed by atoms with van der Waals surface area (Å²) in [5.74, 6) is 0.152. The maximum absolute atomic E-state index is 13.1. The SMILES string of the molecule is CCC.COC(=O)NCC(=O)N1CCCC1c1nc2ccc(-c3ccc(OS(=O)(=O)C(F)(F)F)c4c3C3CCC4C3)cc2[nH]1.S. The van der Waals surface area contributed by atoms with E-state index in [9.17, 15) is 31.2 Å². The summed E-state index contributed by atoms with van der Waals surface area (Å²) in [4.78, 5) is 33.8. The van der Waals surface area contributed by atoms with Gasteiger partial charge in [0.2, 0.25) is 5.91 Å². The Morgan fingerprint density at radius 2 is 1.78 bits per heavy atom. The van der Waals surface area contributed by atoms with Gasteiger partial charge in [0.25, 0.3) is 0 Å². The summed E-state index contributed by atoms with van der Waals surface area (Å²) in [5, 5.41) is 2.41. The standard InChI is InChI=1S/C27H27F3N4O6S.C3H8.H2S/c1-39-26(36)31-13-22(35)34-10-2-3-20(34)25-32-18-8-6-14(12-19(18)33-25)17-7-9-21(40-41(37,38)27(28,29)30)24-16-5-4-15(11-16)23(17)24;1-3-2;/h6-9,12,15-16,20H,2-5,10-11,13H2,1H3,(H,31,36)(H,32,33);3H2,1-2H3;1H2. The number of carbonyl (C=O) groups is 2. The van der Waals surface area contributed by atoms with E-state index in [0.717, 1.165) is 47.9 Å². The van der Waals surface area contributed by atoms with Gasteiger partial charge >= 0.3 is 21.7 Å². The number of aromatic nitrogens is 2. The number of hydrogen-bond acceptors (Lipinski definition) is 7. The first kappa shape index (κ1) is 34.4. The molecule has 3 aromatic rings. The third kappa shape index (κ3) is 6.74. The number of amides is 2. The molecule has 0 spiro atoms. The van der Waals surface area contributed by atoms with Crippen molar-refractivity contribution < 1.29 is 40.1 Å². The number of alkyl halides is 3. The Morgan fingerprint density at radius 3 is 2.44 bits per heavy atom. The fourth-order valence-electron chi connectivity index (χ4n) is 6.50. The molecule has 2 aliphatic carbocycles. The predicted octanol–water partition coefficient (Wildman–Crippen LogP) is 6.37. The molecule has 2 N–H and O–H groups in total. The van der Waals surface area contributed by atoms with Crippen LogP contribution < -0.4 is 9.50 Å². The number of nitrogens with zero attached hydrogens (tertiary/aromatic N) is 2. The lowest BCUT2D eigenvalue weighted by molar-refractivity contribution is -0.131. The summed E-state index contributed by atoms with van der Waals surface area (Å²) in [6.07, 6.45) is 4.42. The lowest BCUT2D eigenvalue weighted by atomic mass is 9.85. The summed E-state index contributed by atoms with van der Waals surface area (Å²) in [6.45, 7) is 4.59. The average molecular weight is 671 g/mol. The lowest BCUT2D eigenvalue weighted by Crippen LogP contribution is -2.40. The van der Waals surface area contributed by atoms with Crippen LogP contribution in [0.3, 0.4) is 0 Å². The van der Waals surface area contributed by atoms with Gasteiger partial charge in [0.15, 0.2) is 0 Å². The highest BCUT2D eigenvalue weighted by atomic mass is 32.2. The molecule has 1 aliphatic heterocycles. The van der Waals surface area contributed by atoms with Crippen LogP contribution in [0, 0.1) is 0 Å². The number of halogens is 3. The molecule has 2 heterocycles. The number of imidazole rings is 1. The average Bonchev–Trinajstić information content (AvgIpc) is 3.78. The van der Waals surface area contributed by atoms with Gasteiger partial charge in [-0.2, -0.15) is 35.1 Å². The van der Waals surface area contributed by atoms with Crippen LogP contribution in [0.15, 0.2) is 30.3 Å². The third-order valence-corrected chi connectivity index (χ3v) is 9.21. The highest BCUT2D eigenvalue weighted by molar-refractivity contribution is 7.88. The van der Waals surface area contributed by atoms with E-state index in [1.165, 1.54) is 19.6 Å². The Labute approximate surface area is 266 Å². The first-order valence-corrected chi connectivity index (χ1v) is 16.1. The molecule has 6 rings (SSSR count). The van der Waals surface area contributed by atoms with Crippen LogP contribution in [-0.4, -0.2) is 61.0 Å². The monoisotopic (exact) mass is 670 g/mol. The highest BCUT2D eigenvalue weighted by Crippen LogP contribution is 2.58. The topological polar surface area (TPSA) is 131 Å². The molecule has 2 aromatic carbocycles. The van der Waals surface area contributed by atoms with Gasteiger partial charge in [-0.3, -0.25) is 4.79 Å². The van der Waals surface area contributed by atoms with E-state index in [1.807, 2.05) is 18.2 Å². The molecule has 1 saturated heterocycles. The quantitative estimate of drug-likeness (QED) is 0.230. The van der Waals surface area contributed by atoms with Crippen LogP contribution in [0.1, 0.15) is 87.2 Å². The van der Waals surface area contributed by atoms with Crippen LogP contribution in [0.4, 0.5) is 18.0 Å². The van der Waals surface area contributed by atoms with Gasteiger partial charge in [-0.25, -0.2) is 9.78 Å². The molecule has 3 aliphatic rings. The molecule has 0 radical (unpaired) electrons. The van der Waals surface area contributed by atoms with E-state index in [0.29, 0.717) is 29.9 Å². The maximum atomic E-state index is 13.1. The van der Waals surface area contributed by atoms with Gasteiger partial charge in [0, 0.05) is 12.1 Å². The zero-order valence-corrected chi connectivity index (χ0v) is 27.0. The number of fused-ring (bicyclic) bond motifs is 6. The normalized spacial score (nSPS) is 20.2. The number of ether oxygens (including phenoxy) is 1. The molecule has 2 amide bonds. The number of alkyl carbamates (subject to hydrolysis) is 1. The summed E-state index contributed by atoms with van der Waals surface area (Å²) in [7, 11) is -4.57. The molecule has 2 fully saturated rings. The van der Waals surface area contributed by atoms with Crippen molar-refractivity contribution in [2.45, 2.75) is 75.8 Å². The zero-order chi connectivity index (χ0) is 31.8. The van der Waals surface area contributed by atoms with Crippen molar-refractivity contribution in [1.29, 1.82) is 0 Å². The van der Waals surface area contributed by atoms with Gasteiger partial charge in [-0.05, 0) is 78.8 Å². The van der Waals surface area contributed by atoms with Crippen molar-refractivity contribution in [3.63, 3.8) is 0 Å². The van der Waals surface area contributed by atoms with Crippen LogP contribution in [0.25, 0.3) is 22.2 Å². The van der Waals surface area contributed by atoms with E-state index in [2.05, 4.69) is 33.1 Å². The van der Waals surface area contributed by atoms with Crippen LogP contribution in [0.2, 0.25) is 0 Å². The second kappa shape index (κ2) is 13.5. The van der Waals surface area contributed by atoms with Crippen molar-refractivity contribution in [2.75, 3.05) is 20.2 Å². The van der Waals surface area contributed by atoms with E-state index >= 15 is 0 Å². The Hall–Kier alpha value is -3.46. The molecular weight excluding hydrogens is 633 g/mol. The number of aromatic amines is 1. The molecule has 10 nitrogen and oxygen atoms in total. The van der Waals surface area contributed by atoms with Crippen molar-refractivity contribution in [3.8, 4) is 16.9 Å². The maximum Gasteiger partial charge on any atom is 0.534 e. The number of benzene rings is 2. The van der Waals surface area contributed by atoms with E-state index in [-0.39, 0.29) is 49.6 Å². The van der Waals surface area contributed by atoms with Gasteiger partial charge in [0.1, 0.15) is 18.1 Å². The Kier molecular flexibility index (Phi) is 10.3. The van der Waals surface area contributed by atoms with Gasteiger partial charge in [-0.15, -0.1) is 0 Å². The predicted molar refractivity (Wildman–Crippen MR) is 167 cm³/mol. The lowest BCUT2D eigenvalue weighted by Gasteiger charge is -2.23. The van der Waals surface area contributed by atoms with E-state index in [1.54, 1.807) is 11.0 Å². The molecule has 1 aromatic heterocycles. The molecule has 3 atom stereocenters. The van der Waals surface area contributed by atoms with Gasteiger partial charge < -0.3 is 24.1 Å². The van der Waals surface area contributed by atoms with Gasteiger partial charge in [-0.1, -0.05) is 32.4 Å². The number of nitrogens with one attached hydrogen (secondary N) is 2. The second-order valence-corrected chi connectivity index (χ2v) is 12.8. The number of hydrogen-bond donors (Lipinski definition) is 2. The molecule has 246 valence electrons. The smallest absolute Gasteiger partial charge is 0.453 e. The largest absolute Gasteiger partial charge is 0.534 e. The first-order valence-electron chi connectivity index (χ1n) is 14.7. The molecule has 1 saturated carbocycles. The zero-order valence-electron chi connectivity index (χ0n) is 25.2. The third-order valence-electron chi connectivity index (χ3n) is 8.25. The van der Waals surface area contributed by atoms with Crippen molar-refractivity contribution in [3.05, 3.63) is 47.3 Å². The van der Waals surface area contributed by atoms with Gasteiger partial charge in [0.05, 0.1) is 24.2 Å². The molecular formula is C30H37F3N4O6S2. The number of methoxy groups -OCH3 is 1. The van der Waals surface area contributed by atoms with Crippen molar-refractivity contribution in [1.82, 2.24) is 20.2 Å². The van der Waals surface area contributed by atoms with Crippen LogP contribution in [0.5, 0.6) is 5.75 Å². The minimum absolute atomic E-state index is 0. The summed E-state index contributed by atoms with van der Waals surface area (Å²) in [5.41, 5.74) is -1.11. The molecule has 2 bridgehead atoms. The highest BCUT2D eigenvalue weighted by Gasteiger charge is 2.50. The van der Waals surface area contributed by atoms with E-state index < -0.39 is 21.7 Å². The Bertz CT molecular complexity index is 1680. The van der Waals surface area contributed by atoms with Crippen molar-refractivity contribution >= 4 is 46.6 Å². The number of likely N-dealkylation sites (tertiary alicyclic amines) is 1. The number of H-pyrrole nitrogens is 1. The fraction of sp³-hybridized carbons (Fsp3) is 0.500. The molecule has 45 heavy (non-hydrogen) atoms. The van der Waals surface area contributed by atoms with Crippen molar-refractivity contribution in [2.24, 2.45) is 0 Å². The second-order valence-electron chi connectivity index (χ2n) is 11.3. The Balaban J connectivity index is 0.00000111. The number of rotatable bonds is 6. The van der Waals surface area contributed by atoms with E-state index in [4.69, 9.17) is 4.98 Å². The molecule has 15 heteroatoms. The minimum atomic E-state index is -5.79. The number of carbonyl (C=O) groups excluding carboxylic acids is 2.